The summed E-state index contributed by atoms with van der Waals surface area (Å²) in [5.74, 6) is 0. The molecule has 1 unspecified atom stereocenters. The molecule has 80 valence electrons. The van der Waals surface area contributed by atoms with Crippen LogP contribution >= 0.6 is 38.6 Å². The Morgan fingerprint density at radius 3 is 2.53 bits per heavy atom. The normalized spacial score (nSPS) is 13.1. The van der Waals surface area contributed by atoms with E-state index in [9.17, 15) is 5.11 Å². The molecule has 2 heterocycles. The van der Waals surface area contributed by atoms with Gasteiger partial charge in [-0.25, -0.2) is 0 Å². The second-order valence-corrected chi connectivity index (χ2v) is 6.83. The third-order valence-electron chi connectivity index (χ3n) is 2.30. The van der Waals surface area contributed by atoms with Crippen molar-refractivity contribution in [1.29, 1.82) is 0 Å². The SMILES string of the molecule is Cc1cc(C(O)c2sccc2C)sc1Br. The Hall–Kier alpha value is -0.160. The van der Waals surface area contributed by atoms with Crippen LogP contribution in [0.5, 0.6) is 0 Å². The van der Waals surface area contributed by atoms with Gasteiger partial charge in [-0.3, -0.25) is 0 Å². The predicted molar refractivity (Wildman–Crippen MR) is 69.9 cm³/mol. The van der Waals surface area contributed by atoms with Crippen molar-refractivity contribution in [3.63, 3.8) is 0 Å². The van der Waals surface area contributed by atoms with Gasteiger partial charge in [-0.2, -0.15) is 0 Å². The zero-order valence-corrected chi connectivity index (χ0v) is 11.7. The lowest BCUT2D eigenvalue weighted by Crippen LogP contribution is -1.95. The number of thiophene rings is 2. The molecule has 0 bridgehead atoms. The van der Waals surface area contributed by atoms with Gasteiger partial charge >= 0.3 is 0 Å². The highest BCUT2D eigenvalue weighted by Crippen LogP contribution is 2.36. The molecule has 1 nitrogen and oxygen atoms in total. The lowest BCUT2D eigenvalue weighted by atomic mass is 10.1. The highest BCUT2D eigenvalue weighted by Gasteiger charge is 2.17. The fourth-order valence-electron chi connectivity index (χ4n) is 1.41. The van der Waals surface area contributed by atoms with Crippen molar-refractivity contribution < 1.29 is 5.11 Å². The van der Waals surface area contributed by atoms with Gasteiger partial charge in [-0.05, 0) is 58.4 Å². The molecular formula is C11H11BrOS2. The molecule has 0 radical (unpaired) electrons. The summed E-state index contributed by atoms with van der Waals surface area (Å²) >= 11 is 6.69. The molecule has 0 aromatic carbocycles. The quantitative estimate of drug-likeness (QED) is 0.878. The third kappa shape index (κ3) is 2.18. The Morgan fingerprint density at radius 1 is 1.33 bits per heavy atom. The van der Waals surface area contributed by atoms with Gasteiger partial charge in [-0.1, -0.05) is 0 Å². The number of hydrogen-bond donors (Lipinski definition) is 1. The molecule has 15 heavy (non-hydrogen) atoms. The van der Waals surface area contributed by atoms with E-state index in [0.717, 1.165) is 19.1 Å². The zero-order valence-electron chi connectivity index (χ0n) is 8.45. The highest BCUT2D eigenvalue weighted by molar-refractivity contribution is 9.11. The van der Waals surface area contributed by atoms with E-state index in [1.807, 2.05) is 31.4 Å². The Morgan fingerprint density at radius 2 is 2.07 bits per heavy atom. The van der Waals surface area contributed by atoms with E-state index in [1.54, 1.807) is 22.7 Å². The maximum Gasteiger partial charge on any atom is 0.123 e. The maximum absolute atomic E-state index is 10.2. The van der Waals surface area contributed by atoms with Crippen molar-refractivity contribution in [1.82, 2.24) is 0 Å². The summed E-state index contributed by atoms with van der Waals surface area (Å²) in [4.78, 5) is 2.05. The first-order valence-corrected chi connectivity index (χ1v) is 7.06. The molecule has 2 aromatic heterocycles. The monoisotopic (exact) mass is 302 g/mol. The Bertz CT molecular complexity index is 453. The van der Waals surface area contributed by atoms with Gasteiger partial charge in [0.15, 0.2) is 0 Å². The number of aliphatic hydroxyl groups excluding tert-OH is 1. The van der Waals surface area contributed by atoms with E-state index in [1.165, 1.54) is 5.56 Å². The summed E-state index contributed by atoms with van der Waals surface area (Å²) < 4.78 is 1.10. The van der Waals surface area contributed by atoms with E-state index < -0.39 is 6.10 Å². The molecule has 0 fully saturated rings. The largest absolute Gasteiger partial charge is 0.382 e. The molecule has 0 saturated carbocycles. The second-order valence-electron chi connectivity index (χ2n) is 3.48. The second kappa shape index (κ2) is 4.37. The minimum absolute atomic E-state index is 0.472. The van der Waals surface area contributed by atoms with Gasteiger partial charge in [-0.15, -0.1) is 22.7 Å². The van der Waals surface area contributed by atoms with Gasteiger partial charge in [0.05, 0.1) is 3.79 Å². The van der Waals surface area contributed by atoms with E-state index in [-0.39, 0.29) is 0 Å². The summed E-state index contributed by atoms with van der Waals surface area (Å²) in [6.07, 6.45) is -0.472. The van der Waals surface area contributed by atoms with Crippen molar-refractivity contribution in [2.75, 3.05) is 0 Å². The van der Waals surface area contributed by atoms with Crippen molar-refractivity contribution in [3.05, 3.63) is 42.2 Å². The fraction of sp³-hybridized carbons (Fsp3) is 0.273. The Kier molecular flexibility index (Phi) is 3.30. The van der Waals surface area contributed by atoms with E-state index in [2.05, 4.69) is 15.9 Å². The lowest BCUT2D eigenvalue weighted by Gasteiger charge is -2.06. The number of hydrogen-bond acceptors (Lipinski definition) is 3. The molecule has 2 rings (SSSR count). The fourth-order valence-corrected chi connectivity index (χ4v) is 3.98. The third-order valence-corrected chi connectivity index (χ3v) is 5.56. The van der Waals surface area contributed by atoms with Crippen molar-refractivity contribution in [2.45, 2.75) is 20.0 Å². The molecule has 0 spiro atoms. The van der Waals surface area contributed by atoms with Crippen LogP contribution < -0.4 is 0 Å². The first-order chi connectivity index (χ1) is 7.09. The van der Waals surface area contributed by atoms with Gasteiger partial charge in [0, 0.05) is 9.75 Å². The molecule has 4 heteroatoms. The summed E-state index contributed by atoms with van der Waals surface area (Å²) in [6.45, 7) is 4.07. The average Bonchev–Trinajstić information content (AvgIpc) is 2.74. The average molecular weight is 303 g/mol. The minimum atomic E-state index is -0.472. The standard InChI is InChI=1S/C11H11BrOS2/c1-6-3-4-14-10(6)9(13)8-5-7(2)11(12)15-8/h3-5,9,13H,1-2H3. The van der Waals surface area contributed by atoms with Crippen LogP contribution in [0.25, 0.3) is 0 Å². The van der Waals surface area contributed by atoms with Crippen LogP contribution in [0.1, 0.15) is 27.0 Å². The topological polar surface area (TPSA) is 20.2 Å². The van der Waals surface area contributed by atoms with Crippen LogP contribution in [0.4, 0.5) is 0 Å². The van der Waals surface area contributed by atoms with Crippen molar-refractivity contribution in [3.8, 4) is 0 Å². The molecule has 0 saturated heterocycles. The molecule has 2 aromatic rings. The van der Waals surface area contributed by atoms with Gasteiger partial charge in [0.25, 0.3) is 0 Å². The van der Waals surface area contributed by atoms with E-state index in [4.69, 9.17) is 0 Å². The minimum Gasteiger partial charge on any atom is -0.382 e. The molecular weight excluding hydrogens is 292 g/mol. The zero-order chi connectivity index (χ0) is 11.0. The van der Waals surface area contributed by atoms with Crippen LogP contribution in [-0.4, -0.2) is 5.11 Å². The van der Waals surface area contributed by atoms with E-state index >= 15 is 0 Å². The van der Waals surface area contributed by atoms with Crippen LogP contribution in [-0.2, 0) is 0 Å². The molecule has 1 atom stereocenters. The molecule has 1 N–H and O–H groups in total. The Balaban J connectivity index is 2.36. The highest BCUT2D eigenvalue weighted by atomic mass is 79.9. The van der Waals surface area contributed by atoms with Gasteiger partial charge in [0.2, 0.25) is 0 Å². The van der Waals surface area contributed by atoms with Crippen molar-refractivity contribution in [2.24, 2.45) is 0 Å². The van der Waals surface area contributed by atoms with Crippen LogP contribution in [0, 0.1) is 13.8 Å². The number of aryl methyl sites for hydroxylation is 2. The summed E-state index contributed by atoms with van der Waals surface area (Å²) in [5, 5.41) is 12.2. The first-order valence-electron chi connectivity index (χ1n) is 4.57. The molecule has 0 aliphatic heterocycles. The van der Waals surface area contributed by atoms with E-state index in [0.29, 0.717) is 0 Å². The predicted octanol–water partition coefficient (Wildman–Crippen LogP) is 4.27. The van der Waals surface area contributed by atoms with Crippen molar-refractivity contribution >= 4 is 38.6 Å². The maximum atomic E-state index is 10.2. The molecule has 0 aliphatic rings. The van der Waals surface area contributed by atoms with Crippen LogP contribution in [0.15, 0.2) is 21.3 Å². The molecule has 0 aliphatic carbocycles. The van der Waals surface area contributed by atoms with Gasteiger partial charge < -0.3 is 5.11 Å². The summed E-state index contributed by atoms with van der Waals surface area (Å²) in [7, 11) is 0. The number of halogens is 1. The lowest BCUT2D eigenvalue weighted by molar-refractivity contribution is 0.227. The van der Waals surface area contributed by atoms with Crippen LogP contribution in [0.3, 0.4) is 0 Å². The first kappa shape index (κ1) is 11.3. The van der Waals surface area contributed by atoms with Gasteiger partial charge in [0.1, 0.15) is 6.10 Å². The smallest absolute Gasteiger partial charge is 0.123 e. The summed E-state index contributed by atoms with van der Waals surface area (Å²) in [5.41, 5.74) is 2.35. The van der Waals surface area contributed by atoms with Crippen LogP contribution in [0.2, 0.25) is 0 Å². The molecule has 0 amide bonds. The number of aliphatic hydroxyl groups is 1. The Labute approximate surface area is 106 Å². The summed E-state index contributed by atoms with van der Waals surface area (Å²) in [6, 6.07) is 4.08. The number of rotatable bonds is 2.